The topological polar surface area (TPSA) is 55.1 Å². The van der Waals surface area contributed by atoms with E-state index in [4.69, 9.17) is 5.73 Å². The standard InChI is InChI=1S/C17H27FN2O/c1-5-17(6-2,11-19)15(21)20-12-16(3,4)13-7-9-14(18)10-8-13/h7-10H,5-6,11-12,19H2,1-4H3,(H,20,21). The predicted molar refractivity (Wildman–Crippen MR) is 84.5 cm³/mol. The van der Waals surface area contributed by atoms with E-state index in [1.165, 1.54) is 12.1 Å². The van der Waals surface area contributed by atoms with Crippen LogP contribution in [0.15, 0.2) is 24.3 Å². The summed E-state index contributed by atoms with van der Waals surface area (Å²) in [6.07, 6.45) is 1.45. The van der Waals surface area contributed by atoms with E-state index >= 15 is 0 Å². The van der Waals surface area contributed by atoms with Gasteiger partial charge in [0.15, 0.2) is 0 Å². The van der Waals surface area contributed by atoms with Crippen LogP contribution < -0.4 is 11.1 Å². The Bertz CT molecular complexity index is 456. The predicted octanol–water partition coefficient (Wildman–Crippen LogP) is 2.98. The fraction of sp³-hybridized carbons (Fsp3) is 0.588. The molecule has 118 valence electrons. The summed E-state index contributed by atoms with van der Waals surface area (Å²) in [5, 5.41) is 3.02. The SMILES string of the molecule is CCC(CC)(CN)C(=O)NCC(C)(C)c1ccc(F)cc1. The molecule has 0 bridgehead atoms. The third-order valence-electron chi connectivity index (χ3n) is 4.54. The van der Waals surface area contributed by atoms with Crippen molar-refractivity contribution in [1.29, 1.82) is 0 Å². The molecule has 0 fully saturated rings. The monoisotopic (exact) mass is 294 g/mol. The van der Waals surface area contributed by atoms with Gasteiger partial charge in [-0.3, -0.25) is 4.79 Å². The summed E-state index contributed by atoms with van der Waals surface area (Å²) in [7, 11) is 0. The minimum absolute atomic E-state index is 0.00480. The lowest BCUT2D eigenvalue weighted by Gasteiger charge is -2.32. The largest absolute Gasteiger partial charge is 0.355 e. The van der Waals surface area contributed by atoms with Crippen LogP contribution in [0.2, 0.25) is 0 Å². The van der Waals surface area contributed by atoms with Crippen LogP contribution in [-0.4, -0.2) is 19.0 Å². The van der Waals surface area contributed by atoms with Gasteiger partial charge in [-0.25, -0.2) is 4.39 Å². The van der Waals surface area contributed by atoms with Gasteiger partial charge in [-0.1, -0.05) is 39.8 Å². The summed E-state index contributed by atoms with van der Waals surface area (Å²) in [4.78, 5) is 12.4. The number of hydrogen-bond donors (Lipinski definition) is 2. The average molecular weight is 294 g/mol. The minimum Gasteiger partial charge on any atom is -0.355 e. The molecule has 0 radical (unpaired) electrons. The van der Waals surface area contributed by atoms with E-state index in [0.29, 0.717) is 13.1 Å². The van der Waals surface area contributed by atoms with Crippen LogP contribution in [0.1, 0.15) is 46.1 Å². The van der Waals surface area contributed by atoms with Crippen molar-refractivity contribution in [2.45, 2.75) is 46.0 Å². The normalized spacial score (nSPS) is 12.3. The van der Waals surface area contributed by atoms with Crippen molar-refractivity contribution >= 4 is 5.91 Å². The number of halogens is 1. The van der Waals surface area contributed by atoms with Crippen molar-refractivity contribution in [2.75, 3.05) is 13.1 Å². The fourth-order valence-corrected chi connectivity index (χ4v) is 2.44. The van der Waals surface area contributed by atoms with E-state index in [2.05, 4.69) is 5.32 Å². The number of rotatable bonds is 7. The maximum atomic E-state index is 13.0. The molecule has 0 saturated carbocycles. The first kappa shape index (κ1) is 17.6. The first-order chi connectivity index (χ1) is 9.81. The zero-order chi connectivity index (χ0) is 16.1. The zero-order valence-electron chi connectivity index (χ0n) is 13.5. The highest BCUT2D eigenvalue weighted by Crippen LogP contribution is 2.27. The van der Waals surface area contributed by atoms with Gasteiger partial charge in [-0.15, -0.1) is 0 Å². The molecule has 21 heavy (non-hydrogen) atoms. The van der Waals surface area contributed by atoms with Gasteiger partial charge in [-0.2, -0.15) is 0 Å². The van der Waals surface area contributed by atoms with E-state index < -0.39 is 5.41 Å². The van der Waals surface area contributed by atoms with Crippen molar-refractivity contribution in [2.24, 2.45) is 11.1 Å². The quantitative estimate of drug-likeness (QED) is 0.812. The Morgan fingerprint density at radius 2 is 1.71 bits per heavy atom. The molecule has 1 amide bonds. The summed E-state index contributed by atoms with van der Waals surface area (Å²) in [6.45, 7) is 8.88. The molecular formula is C17H27FN2O. The van der Waals surface area contributed by atoms with Gasteiger partial charge in [0, 0.05) is 18.5 Å². The highest BCUT2D eigenvalue weighted by molar-refractivity contribution is 5.82. The second-order valence-corrected chi connectivity index (χ2v) is 6.27. The van der Waals surface area contributed by atoms with Gasteiger partial charge in [-0.05, 0) is 30.5 Å². The second-order valence-electron chi connectivity index (χ2n) is 6.27. The van der Waals surface area contributed by atoms with Gasteiger partial charge in [0.05, 0.1) is 5.41 Å². The van der Waals surface area contributed by atoms with Crippen molar-refractivity contribution in [3.63, 3.8) is 0 Å². The van der Waals surface area contributed by atoms with Crippen LogP contribution in [0.4, 0.5) is 4.39 Å². The van der Waals surface area contributed by atoms with Gasteiger partial charge in [0.25, 0.3) is 0 Å². The van der Waals surface area contributed by atoms with Crippen molar-refractivity contribution in [3.05, 3.63) is 35.6 Å². The Morgan fingerprint density at radius 1 is 1.19 bits per heavy atom. The lowest BCUT2D eigenvalue weighted by molar-refractivity contribution is -0.131. The molecule has 0 saturated heterocycles. The second kappa shape index (κ2) is 7.03. The van der Waals surface area contributed by atoms with Crippen LogP contribution >= 0.6 is 0 Å². The van der Waals surface area contributed by atoms with Crippen molar-refractivity contribution < 1.29 is 9.18 Å². The summed E-state index contributed by atoms with van der Waals surface area (Å²) < 4.78 is 13.0. The lowest BCUT2D eigenvalue weighted by atomic mass is 9.80. The van der Waals surface area contributed by atoms with E-state index in [9.17, 15) is 9.18 Å². The van der Waals surface area contributed by atoms with E-state index in [1.807, 2.05) is 27.7 Å². The molecule has 0 atom stereocenters. The molecule has 4 heteroatoms. The van der Waals surface area contributed by atoms with Crippen LogP contribution in [0.25, 0.3) is 0 Å². The summed E-state index contributed by atoms with van der Waals surface area (Å²) in [5.74, 6) is -0.247. The molecule has 3 N–H and O–H groups in total. The average Bonchev–Trinajstić information content (AvgIpc) is 2.48. The number of carbonyl (C=O) groups excluding carboxylic acids is 1. The van der Waals surface area contributed by atoms with Gasteiger partial charge >= 0.3 is 0 Å². The van der Waals surface area contributed by atoms with Gasteiger partial charge in [0.1, 0.15) is 5.82 Å². The first-order valence-corrected chi connectivity index (χ1v) is 7.55. The molecule has 1 aromatic rings. The maximum Gasteiger partial charge on any atom is 0.227 e. The Kier molecular flexibility index (Phi) is 5.90. The van der Waals surface area contributed by atoms with Gasteiger partial charge in [0.2, 0.25) is 5.91 Å². The van der Waals surface area contributed by atoms with Crippen molar-refractivity contribution in [1.82, 2.24) is 5.32 Å². The molecule has 0 aromatic heterocycles. The smallest absolute Gasteiger partial charge is 0.227 e. The molecule has 3 nitrogen and oxygen atoms in total. The molecule has 1 aromatic carbocycles. The molecule has 0 aliphatic heterocycles. The van der Waals surface area contributed by atoms with E-state index in [0.717, 1.165) is 18.4 Å². The molecule has 0 heterocycles. The number of hydrogen-bond acceptors (Lipinski definition) is 2. The Morgan fingerprint density at radius 3 is 2.14 bits per heavy atom. The van der Waals surface area contributed by atoms with Crippen LogP contribution in [0.3, 0.4) is 0 Å². The number of carbonyl (C=O) groups is 1. The third kappa shape index (κ3) is 4.03. The summed E-state index contributed by atoms with van der Waals surface area (Å²) >= 11 is 0. The molecule has 0 aliphatic carbocycles. The lowest BCUT2D eigenvalue weighted by Crippen LogP contribution is -2.48. The van der Waals surface area contributed by atoms with Crippen LogP contribution in [0, 0.1) is 11.2 Å². The number of nitrogens with one attached hydrogen (secondary N) is 1. The molecular weight excluding hydrogens is 267 g/mol. The van der Waals surface area contributed by atoms with Crippen LogP contribution in [0.5, 0.6) is 0 Å². The van der Waals surface area contributed by atoms with Crippen LogP contribution in [-0.2, 0) is 10.2 Å². The summed E-state index contributed by atoms with van der Waals surface area (Å²) in [6, 6.07) is 6.41. The molecule has 0 spiro atoms. The molecule has 0 aliphatic rings. The Balaban J connectivity index is 2.77. The highest BCUT2D eigenvalue weighted by atomic mass is 19.1. The van der Waals surface area contributed by atoms with Crippen molar-refractivity contribution in [3.8, 4) is 0 Å². The minimum atomic E-state index is -0.487. The fourth-order valence-electron chi connectivity index (χ4n) is 2.44. The Labute approximate surface area is 127 Å². The van der Waals surface area contributed by atoms with Gasteiger partial charge < -0.3 is 11.1 Å². The highest BCUT2D eigenvalue weighted by Gasteiger charge is 2.34. The number of benzene rings is 1. The molecule has 0 unspecified atom stereocenters. The number of nitrogens with two attached hydrogens (primary N) is 1. The first-order valence-electron chi connectivity index (χ1n) is 7.55. The zero-order valence-corrected chi connectivity index (χ0v) is 13.5. The maximum absolute atomic E-state index is 13.0. The van der Waals surface area contributed by atoms with E-state index in [1.54, 1.807) is 12.1 Å². The Hall–Kier alpha value is -1.42. The molecule has 1 rings (SSSR count). The number of amides is 1. The van der Waals surface area contributed by atoms with E-state index in [-0.39, 0.29) is 17.1 Å². The third-order valence-corrected chi connectivity index (χ3v) is 4.54. The summed E-state index contributed by atoms with van der Waals surface area (Å²) in [5.41, 5.74) is 6.04.